The summed E-state index contributed by atoms with van der Waals surface area (Å²) in [6, 6.07) is 6.36. The van der Waals surface area contributed by atoms with Crippen LogP contribution in [0.25, 0.3) is 0 Å². The van der Waals surface area contributed by atoms with Crippen LogP contribution < -0.4 is 10.0 Å². The van der Waals surface area contributed by atoms with E-state index in [4.69, 9.17) is 4.74 Å². The van der Waals surface area contributed by atoms with Crippen molar-refractivity contribution in [2.24, 2.45) is 0 Å². The Morgan fingerprint density at radius 1 is 1.45 bits per heavy atom. The van der Waals surface area contributed by atoms with Gasteiger partial charge in [-0.25, -0.2) is 17.9 Å². The van der Waals surface area contributed by atoms with Gasteiger partial charge in [0.25, 0.3) is 0 Å². The molecule has 122 valence electrons. The van der Waals surface area contributed by atoms with Gasteiger partial charge in [0, 0.05) is 13.1 Å². The fourth-order valence-electron chi connectivity index (χ4n) is 2.25. The van der Waals surface area contributed by atoms with Crippen molar-refractivity contribution in [1.29, 1.82) is 0 Å². The number of morpholine rings is 1. The van der Waals surface area contributed by atoms with Crippen LogP contribution in [-0.2, 0) is 21.3 Å². The second-order valence-corrected chi connectivity index (χ2v) is 7.02. The van der Waals surface area contributed by atoms with E-state index in [0.717, 1.165) is 5.56 Å². The summed E-state index contributed by atoms with van der Waals surface area (Å²) in [5.41, 5.74) is 0.727. The summed E-state index contributed by atoms with van der Waals surface area (Å²) >= 11 is 0. The molecule has 1 aromatic rings. The zero-order valence-corrected chi connectivity index (χ0v) is 13.5. The molecule has 0 bridgehead atoms. The molecule has 0 unspecified atom stereocenters. The predicted molar refractivity (Wildman–Crippen MR) is 81.9 cm³/mol. The minimum Gasteiger partial charge on any atom is -0.377 e. The van der Waals surface area contributed by atoms with Crippen molar-refractivity contribution in [3.8, 4) is 0 Å². The summed E-state index contributed by atoms with van der Waals surface area (Å²) in [5.74, 6) is 0. The van der Waals surface area contributed by atoms with Gasteiger partial charge in [-0.1, -0.05) is 12.1 Å². The third-order valence-electron chi connectivity index (χ3n) is 3.55. The van der Waals surface area contributed by atoms with Gasteiger partial charge in [-0.3, -0.25) is 0 Å². The Hall–Kier alpha value is -1.64. The van der Waals surface area contributed by atoms with Gasteiger partial charge in [0.15, 0.2) is 0 Å². The van der Waals surface area contributed by atoms with Crippen LogP contribution in [-0.4, -0.2) is 52.2 Å². The van der Waals surface area contributed by atoms with E-state index in [0.29, 0.717) is 19.8 Å². The summed E-state index contributed by atoms with van der Waals surface area (Å²) in [5, 5.41) is 2.81. The Balaban J connectivity index is 2.00. The van der Waals surface area contributed by atoms with E-state index in [-0.39, 0.29) is 23.5 Å². The van der Waals surface area contributed by atoms with E-state index in [1.165, 1.54) is 13.1 Å². The van der Waals surface area contributed by atoms with Crippen LogP contribution in [0.3, 0.4) is 0 Å². The van der Waals surface area contributed by atoms with Crippen molar-refractivity contribution in [2.75, 3.05) is 26.8 Å². The van der Waals surface area contributed by atoms with Crippen LogP contribution >= 0.6 is 0 Å². The Kier molecular flexibility index (Phi) is 5.38. The third-order valence-corrected chi connectivity index (χ3v) is 4.96. The molecule has 0 radical (unpaired) electrons. The summed E-state index contributed by atoms with van der Waals surface area (Å²) in [7, 11) is -2.11. The van der Waals surface area contributed by atoms with E-state index in [9.17, 15) is 13.2 Å². The van der Waals surface area contributed by atoms with Gasteiger partial charge in [0.2, 0.25) is 10.0 Å². The number of carbonyl (C=O) groups is 1. The van der Waals surface area contributed by atoms with E-state index >= 15 is 0 Å². The lowest BCUT2D eigenvalue weighted by atomic mass is 10.2. The Morgan fingerprint density at radius 2 is 2.23 bits per heavy atom. The van der Waals surface area contributed by atoms with E-state index in [1.807, 2.05) is 6.92 Å². The maximum absolute atomic E-state index is 12.1. The Labute approximate surface area is 130 Å². The highest BCUT2D eigenvalue weighted by Crippen LogP contribution is 2.11. The number of rotatable bonds is 4. The van der Waals surface area contributed by atoms with E-state index in [2.05, 4.69) is 10.0 Å². The number of nitrogens with zero attached hydrogens (tertiary/aromatic N) is 1. The minimum atomic E-state index is -3.48. The first-order valence-corrected chi connectivity index (χ1v) is 8.57. The summed E-state index contributed by atoms with van der Waals surface area (Å²) in [4.78, 5) is 14.1. The number of nitrogens with one attached hydrogen (secondary N) is 2. The lowest BCUT2D eigenvalue weighted by Crippen LogP contribution is -2.51. The maximum Gasteiger partial charge on any atom is 0.318 e. The quantitative estimate of drug-likeness (QED) is 0.844. The maximum atomic E-state index is 12.1. The largest absolute Gasteiger partial charge is 0.377 e. The van der Waals surface area contributed by atoms with Crippen LogP contribution in [0.1, 0.15) is 12.5 Å². The van der Waals surface area contributed by atoms with E-state index < -0.39 is 10.0 Å². The van der Waals surface area contributed by atoms with Crippen molar-refractivity contribution < 1.29 is 17.9 Å². The lowest BCUT2D eigenvalue weighted by Gasteiger charge is -2.33. The average molecular weight is 327 g/mol. The highest BCUT2D eigenvalue weighted by Gasteiger charge is 2.23. The second kappa shape index (κ2) is 7.08. The first-order chi connectivity index (χ1) is 10.4. The molecule has 2 rings (SSSR count). The average Bonchev–Trinajstić information content (AvgIpc) is 2.53. The summed E-state index contributed by atoms with van der Waals surface area (Å²) in [6.07, 6.45) is 0. The normalized spacial score (nSPS) is 19.0. The molecule has 1 saturated heterocycles. The number of urea groups is 1. The molecule has 1 fully saturated rings. The first-order valence-electron chi connectivity index (χ1n) is 7.09. The smallest absolute Gasteiger partial charge is 0.318 e. The zero-order chi connectivity index (χ0) is 16.2. The van der Waals surface area contributed by atoms with Crippen LogP contribution in [0, 0.1) is 0 Å². The van der Waals surface area contributed by atoms with Gasteiger partial charge >= 0.3 is 6.03 Å². The molecule has 0 saturated carbocycles. The number of benzene rings is 1. The first kappa shape index (κ1) is 16.7. The van der Waals surface area contributed by atoms with Gasteiger partial charge in [0.05, 0.1) is 24.2 Å². The van der Waals surface area contributed by atoms with Crippen LogP contribution in [0.15, 0.2) is 29.2 Å². The van der Waals surface area contributed by atoms with Crippen LogP contribution in [0.5, 0.6) is 0 Å². The Morgan fingerprint density at radius 3 is 2.91 bits per heavy atom. The Bertz CT molecular complexity index is 633. The SMILES string of the molecule is CNS(=O)(=O)c1cccc(CNC(=O)N2CCOC[C@@H]2C)c1. The lowest BCUT2D eigenvalue weighted by molar-refractivity contribution is 0.0190. The molecule has 1 aliphatic rings. The number of ether oxygens (including phenoxy) is 1. The highest BCUT2D eigenvalue weighted by molar-refractivity contribution is 7.89. The monoisotopic (exact) mass is 327 g/mol. The summed E-state index contributed by atoms with van der Waals surface area (Å²) < 4.78 is 31.1. The standard InChI is InChI=1S/C14H21N3O4S/c1-11-10-21-7-6-17(11)14(18)16-9-12-4-3-5-13(8-12)22(19,20)15-2/h3-5,8,11,15H,6-7,9-10H2,1-2H3,(H,16,18)/t11-/m0/s1. The van der Waals surface area contributed by atoms with Gasteiger partial charge in [-0.2, -0.15) is 0 Å². The fraction of sp³-hybridized carbons (Fsp3) is 0.500. The second-order valence-electron chi connectivity index (χ2n) is 5.13. The van der Waals surface area contributed by atoms with Gasteiger partial charge in [-0.05, 0) is 31.7 Å². The number of hydrogen-bond acceptors (Lipinski definition) is 4. The van der Waals surface area contributed by atoms with Crippen LogP contribution in [0.2, 0.25) is 0 Å². The molecule has 2 N–H and O–H groups in total. The molecular weight excluding hydrogens is 306 g/mol. The van der Waals surface area contributed by atoms with Gasteiger partial charge in [0.1, 0.15) is 0 Å². The molecule has 0 aromatic heterocycles. The molecular formula is C14H21N3O4S. The number of hydrogen-bond donors (Lipinski definition) is 2. The molecule has 0 spiro atoms. The van der Waals surface area contributed by atoms with Crippen molar-refractivity contribution >= 4 is 16.1 Å². The number of amides is 2. The van der Waals surface area contributed by atoms with Crippen molar-refractivity contribution in [3.05, 3.63) is 29.8 Å². The number of sulfonamides is 1. The third kappa shape index (κ3) is 3.96. The molecule has 1 aromatic carbocycles. The summed E-state index contributed by atoms with van der Waals surface area (Å²) in [6.45, 7) is 3.83. The molecule has 7 nitrogen and oxygen atoms in total. The molecule has 1 atom stereocenters. The molecule has 1 aliphatic heterocycles. The van der Waals surface area contributed by atoms with Gasteiger partial charge < -0.3 is 15.0 Å². The topological polar surface area (TPSA) is 87.7 Å². The molecule has 0 aliphatic carbocycles. The molecule has 8 heteroatoms. The highest BCUT2D eigenvalue weighted by atomic mass is 32.2. The molecule has 2 amide bonds. The van der Waals surface area contributed by atoms with Crippen molar-refractivity contribution in [1.82, 2.24) is 14.9 Å². The molecule has 1 heterocycles. The van der Waals surface area contributed by atoms with E-state index in [1.54, 1.807) is 23.1 Å². The van der Waals surface area contributed by atoms with Crippen molar-refractivity contribution in [2.45, 2.75) is 24.4 Å². The number of carbonyl (C=O) groups excluding carboxylic acids is 1. The van der Waals surface area contributed by atoms with Crippen LogP contribution in [0.4, 0.5) is 4.79 Å². The van der Waals surface area contributed by atoms with Crippen molar-refractivity contribution in [3.63, 3.8) is 0 Å². The minimum absolute atomic E-state index is 0.0322. The molecule has 22 heavy (non-hydrogen) atoms. The zero-order valence-electron chi connectivity index (χ0n) is 12.7. The fourth-order valence-corrected chi connectivity index (χ4v) is 3.05. The predicted octanol–water partition coefficient (Wildman–Crippen LogP) is 0.525. The van der Waals surface area contributed by atoms with Gasteiger partial charge in [-0.15, -0.1) is 0 Å².